The number of likely N-dealkylation sites (tertiary alicyclic amines) is 1. The highest BCUT2D eigenvalue weighted by Crippen LogP contribution is 2.19. The molecule has 2 heterocycles. The largest absolute Gasteiger partial charge is 0.337 e. The first-order valence-electron chi connectivity index (χ1n) is 7.98. The minimum Gasteiger partial charge on any atom is -0.337 e. The van der Waals surface area contributed by atoms with E-state index in [0.29, 0.717) is 0 Å². The SMILES string of the molecule is O=C(c1ccc(Nc2ccc(F)cc2F)nn1)N1CCCCCC1. The average molecular weight is 332 g/mol. The molecule has 7 heteroatoms. The van der Waals surface area contributed by atoms with Crippen molar-refractivity contribution in [1.29, 1.82) is 0 Å². The number of benzene rings is 1. The van der Waals surface area contributed by atoms with Gasteiger partial charge in [0.05, 0.1) is 5.69 Å². The highest BCUT2D eigenvalue weighted by molar-refractivity contribution is 5.92. The van der Waals surface area contributed by atoms with Crippen LogP contribution in [0.4, 0.5) is 20.3 Å². The van der Waals surface area contributed by atoms with Crippen LogP contribution in [0.15, 0.2) is 30.3 Å². The molecule has 1 aliphatic rings. The molecule has 3 rings (SSSR count). The van der Waals surface area contributed by atoms with E-state index in [4.69, 9.17) is 0 Å². The molecule has 1 aromatic carbocycles. The number of amides is 1. The van der Waals surface area contributed by atoms with Crippen LogP contribution in [0.2, 0.25) is 0 Å². The summed E-state index contributed by atoms with van der Waals surface area (Å²) in [6, 6.07) is 6.33. The van der Waals surface area contributed by atoms with Crippen LogP contribution in [-0.4, -0.2) is 34.1 Å². The van der Waals surface area contributed by atoms with Gasteiger partial charge in [-0.25, -0.2) is 8.78 Å². The number of carbonyl (C=O) groups is 1. The van der Waals surface area contributed by atoms with Gasteiger partial charge in [0.25, 0.3) is 5.91 Å². The van der Waals surface area contributed by atoms with Gasteiger partial charge in [-0.2, -0.15) is 0 Å². The number of hydrogen-bond acceptors (Lipinski definition) is 4. The van der Waals surface area contributed by atoms with Crippen molar-refractivity contribution in [2.75, 3.05) is 18.4 Å². The molecule has 1 fully saturated rings. The fraction of sp³-hybridized carbons (Fsp3) is 0.353. The molecule has 0 spiro atoms. The third-order valence-corrected chi connectivity index (χ3v) is 3.97. The van der Waals surface area contributed by atoms with Crippen LogP contribution in [0.25, 0.3) is 0 Å². The lowest BCUT2D eigenvalue weighted by Gasteiger charge is -2.19. The monoisotopic (exact) mass is 332 g/mol. The number of anilines is 2. The van der Waals surface area contributed by atoms with E-state index in [1.165, 1.54) is 6.07 Å². The van der Waals surface area contributed by atoms with Gasteiger partial charge in [0.15, 0.2) is 11.5 Å². The van der Waals surface area contributed by atoms with Gasteiger partial charge >= 0.3 is 0 Å². The first kappa shape index (κ1) is 16.3. The molecule has 1 amide bonds. The number of halogens is 2. The molecule has 0 bridgehead atoms. The summed E-state index contributed by atoms with van der Waals surface area (Å²) in [5.41, 5.74) is 0.360. The summed E-state index contributed by atoms with van der Waals surface area (Å²) in [7, 11) is 0. The van der Waals surface area contributed by atoms with Crippen molar-refractivity contribution in [2.24, 2.45) is 0 Å². The molecule has 2 aromatic rings. The summed E-state index contributed by atoms with van der Waals surface area (Å²) in [6.07, 6.45) is 4.29. The Morgan fingerprint density at radius 2 is 1.75 bits per heavy atom. The second-order valence-electron chi connectivity index (χ2n) is 5.76. The maximum atomic E-state index is 13.6. The molecular formula is C17H18F2N4O. The molecule has 0 unspecified atom stereocenters. The van der Waals surface area contributed by atoms with Crippen molar-refractivity contribution in [3.8, 4) is 0 Å². The first-order chi connectivity index (χ1) is 11.6. The van der Waals surface area contributed by atoms with Crippen molar-refractivity contribution >= 4 is 17.4 Å². The molecule has 1 N–H and O–H groups in total. The van der Waals surface area contributed by atoms with E-state index in [0.717, 1.165) is 50.9 Å². The summed E-state index contributed by atoms with van der Waals surface area (Å²) >= 11 is 0. The lowest BCUT2D eigenvalue weighted by molar-refractivity contribution is 0.0754. The Morgan fingerprint density at radius 1 is 1.00 bits per heavy atom. The highest BCUT2D eigenvalue weighted by atomic mass is 19.1. The molecule has 1 saturated heterocycles. The van der Waals surface area contributed by atoms with Crippen molar-refractivity contribution < 1.29 is 13.6 Å². The lowest BCUT2D eigenvalue weighted by Crippen LogP contribution is -2.32. The van der Waals surface area contributed by atoms with Crippen LogP contribution in [0, 0.1) is 11.6 Å². The number of hydrogen-bond donors (Lipinski definition) is 1. The Bertz CT molecular complexity index is 713. The predicted molar refractivity (Wildman–Crippen MR) is 86.0 cm³/mol. The molecule has 0 atom stereocenters. The minimum atomic E-state index is -0.721. The van der Waals surface area contributed by atoms with E-state index < -0.39 is 11.6 Å². The second-order valence-corrected chi connectivity index (χ2v) is 5.76. The van der Waals surface area contributed by atoms with Gasteiger partial charge in [0, 0.05) is 19.2 Å². The molecule has 1 aliphatic heterocycles. The van der Waals surface area contributed by atoms with E-state index >= 15 is 0 Å². The zero-order valence-corrected chi connectivity index (χ0v) is 13.1. The minimum absolute atomic E-state index is 0.0947. The van der Waals surface area contributed by atoms with Crippen molar-refractivity contribution in [1.82, 2.24) is 15.1 Å². The third-order valence-electron chi connectivity index (χ3n) is 3.97. The molecule has 126 valence electrons. The van der Waals surface area contributed by atoms with Gasteiger partial charge in [-0.15, -0.1) is 10.2 Å². The summed E-state index contributed by atoms with van der Waals surface area (Å²) in [5.74, 6) is -1.22. The quantitative estimate of drug-likeness (QED) is 0.934. The van der Waals surface area contributed by atoms with Gasteiger partial charge in [-0.1, -0.05) is 12.8 Å². The first-order valence-corrected chi connectivity index (χ1v) is 7.98. The highest BCUT2D eigenvalue weighted by Gasteiger charge is 2.18. The standard InChI is InChI=1S/C17H18F2N4O/c18-12-5-6-14(13(19)11-12)20-16-8-7-15(21-22-16)17(24)23-9-3-1-2-4-10-23/h5-8,11H,1-4,9-10H2,(H,20,22). The summed E-state index contributed by atoms with van der Waals surface area (Å²) in [6.45, 7) is 1.47. The van der Waals surface area contributed by atoms with Crippen LogP contribution in [0.5, 0.6) is 0 Å². The lowest BCUT2D eigenvalue weighted by atomic mass is 10.2. The van der Waals surface area contributed by atoms with Crippen LogP contribution < -0.4 is 5.32 Å². The van der Waals surface area contributed by atoms with E-state index in [1.807, 2.05) is 0 Å². The van der Waals surface area contributed by atoms with Gasteiger partial charge in [0.1, 0.15) is 11.6 Å². The van der Waals surface area contributed by atoms with Gasteiger partial charge in [-0.3, -0.25) is 4.79 Å². The zero-order valence-electron chi connectivity index (χ0n) is 13.1. The number of nitrogens with one attached hydrogen (secondary N) is 1. The maximum Gasteiger partial charge on any atom is 0.274 e. The second kappa shape index (κ2) is 7.33. The van der Waals surface area contributed by atoms with Gasteiger partial charge in [0.2, 0.25) is 0 Å². The van der Waals surface area contributed by atoms with E-state index in [9.17, 15) is 13.6 Å². The summed E-state index contributed by atoms with van der Waals surface area (Å²) < 4.78 is 26.5. The molecule has 0 saturated carbocycles. The molecule has 1 aromatic heterocycles. The van der Waals surface area contributed by atoms with Crippen molar-refractivity contribution in [3.63, 3.8) is 0 Å². The normalized spacial score (nSPS) is 15.0. The molecule has 5 nitrogen and oxygen atoms in total. The summed E-state index contributed by atoms with van der Waals surface area (Å²) in [4.78, 5) is 14.2. The van der Waals surface area contributed by atoms with Crippen molar-refractivity contribution in [2.45, 2.75) is 25.7 Å². The van der Waals surface area contributed by atoms with Crippen LogP contribution >= 0.6 is 0 Å². The maximum absolute atomic E-state index is 13.6. The van der Waals surface area contributed by atoms with Gasteiger partial charge in [-0.05, 0) is 37.1 Å². The Balaban J connectivity index is 1.69. The molecular weight excluding hydrogens is 314 g/mol. The smallest absolute Gasteiger partial charge is 0.274 e. The summed E-state index contributed by atoms with van der Waals surface area (Å²) in [5, 5.41) is 10.6. The Labute approximate surface area is 138 Å². The molecule has 0 aliphatic carbocycles. The van der Waals surface area contributed by atoms with E-state index in [1.54, 1.807) is 17.0 Å². The molecule has 0 radical (unpaired) electrons. The number of aromatic nitrogens is 2. The number of rotatable bonds is 3. The van der Waals surface area contributed by atoms with Crippen LogP contribution in [0.3, 0.4) is 0 Å². The predicted octanol–water partition coefficient (Wildman–Crippen LogP) is 3.51. The zero-order chi connectivity index (χ0) is 16.9. The Morgan fingerprint density at radius 3 is 2.38 bits per heavy atom. The number of carbonyl (C=O) groups excluding carboxylic acids is 1. The fourth-order valence-electron chi connectivity index (χ4n) is 2.68. The average Bonchev–Trinajstić information content (AvgIpc) is 2.87. The van der Waals surface area contributed by atoms with Crippen molar-refractivity contribution in [3.05, 3.63) is 47.7 Å². The van der Waals surface area contributed by atoms with Crippen LogP contribution in [0.1, 0.15) is 36.2 Å². The Kier molecular flexibility index (Phi) is 4.98. The topological polar surface area (TPSA) is 58.1 Å². The number of nitrogens with zero attached hydrogens (tertiary/aromatic N) is 3. The van der Waals surface area contributed by atoms with E-state index in [2.05, 4.69) is 15.5 Å². The third kappa shape index (κ3) is 3.84. The van der Waals surface area contributed by atoms with E-state index in [-0.39, 0.29) is 23.1 Å². The van der Waals surface area contributed by atoms with Crippen LogP contribution in [-0.2, 0) is 0 Å². The fourth-order valence-corrected chi connectivity index (χ4v) is 2.68. The molecule has 24 heavy (non-hydrogen) atoms. The Hall–Kier alpha value is -2.57. The van der Waals surface area contributed by atoms with Gasteiger partial charge < -0.3 is 10.2 Å².